The third-order valence-corrected chi connectivity index (χ3v) is 6.43. The maximum Gasteiger partial charge on any atom is 0.246 e. The van der Waals surface area contributed by atoms with Gasteiger partial charge in [0.05, 0.1) is 6.04 Å². The highest BCUT2D eigenvalue weighted by Crippen LogP contribution is 2.38. The lowest BCUT2D eigenvalue weighted by atomic mass is 9.88. The smallest absolute Gasteiger partial charge is 0.246 e. The minimum atomic E-state index is -0.199. The van der Waals surface area contributed by atoms with Crippen molar-refractivity contribution in [1.82, 2.24) is 20.0 Å². The van der Waals surface area contributed by atoms with Crippen LogP contribution < -0.4 is 5.32 Å². The van der Waals surface area contributed by atoms with Crippen molar-refractivity contribution < 1.29 is 9.59 Å². The Hall–Kier alpha value is -1.66. The Labute approximate surface area is 169 Å². The first-order valence-electron chi connectivity index (χ1n) is 10.7. The number of carbonyl (C=O) groups excluding carboxylic acids is 2. The number of carbonyl (C=O) groups is 2. The molecular weight excluding hydrogens is 352 g/mol. The molecule has 0 aromatic heterocycles. The molecule has 0 aromatic carbocycles. The first-order chi connectivity index (χ1) is 13.2. The summed E-state index contributed by atoms with van der Waals surface area (Å²) in [7, 11) is 0. The van der Waals surface area contributed by atoms with Crippen LogP contribution in [0.1, 0.15) is 47.0 Å². The van der Waals surface area contributed by atoms with E-state index in [-0.39, 0.29) is 17.4 Å². The summed E-state index contributed by atoms with van der Waals surface area (Å²) < 4.78 is 0. The summed E-state index contributed by atoms with van der Waals surface area (Å²) in [5, 5.41) is 3.55. The summed E-state index contributed by atoms with van der Waals surface area (Å²) >= 11 is 0. The minimum Gasteiger partial charge on any atom is -0.338 e. The second-order valence-corrected chi connectivity index (χ2v) is 9.24. The second kappa shape index (κ2) is 8.37. The van der Waals surface area contributed by atoms with Crippen LogP contribution in [-0.2, 0) is 9.59 Å². The van der Waals surface area contributed by atoms with E-state index in [0.717, 1.165) is 45.4 Å². The van der Waals surface area contributed by atoms with Gasteiger partial charge in [-0.1, -0.05) is 26.5 Å². The Bertz CT molecular complexity index is 642. The molecule has 3 rings (SSSR count). The van der Waals surface area contributed by atoms with Crippen LogP contribution in [0.5, 0.6) is 0 Å². The Kier molecular flexibility index (Phi) is 6.30. The van der Waals surface area contributed by atoms with E-state index in [2.05, 4.69) is 44.5 Å². The molecule has 3 aliphatic rings. The van der Waals surface area contributed by atoms with E-state index in [1.807, 2.05) is 15.9 Å². The summed E-state index contributed by atoms with van der Waals surface area (Å²) in [5.74, 6) is 0.139. The van der Waals surface area contributed by atoms with Crippen molar-refractivity contribution in [3.63, 3.8) is 0 Å². The van der Waals surface area contributed by atoms with E-state index in [0.29, 0.717) is 24.2 Å². The predicted octanol–water partition coefficient (Wildman–Crippen LogP) is 1.78. The third-order valence-electron chi connectivity index (χ3n) is 6.43. The topological polar surface area (TPSA) is 55.9 Å². The van der Waals surface area contributed by atoms with Crippen molar-refractivity contribution in [3.05, 3.63) is 24.8 Å². The fraction of sp³-hybridized carbons (Fsp3) is 0.727. The molecule has 3 saturated heterocycles. The van der Waals surface area contributed by atoms with Crippen LogP contribution >= 0.6 is 0 Å². The molecule has 3 atom stereocenters. The van der Waals surface area contributed by atoms with Gasteiger partial charge < -0.3 is 15.1 Å². The molecule has 3 aliphatic heterocycles. The number of likely N-dealkylation sites (tertiary alicyclic amines) is 3. The number of nitrogens with one attached hydrogen (secondary N) is 1. The van der Waals surface area contributed by atoms with Gasteiger partial charge in [0.25, 0.3) is 0 Å². The predicted molar refractivity (Wildman–Crippen MR) is 112 cm³/mol. The fourth-order valence-corrected chi connectivity index (χ4v) is 4.93. The van der Waals surface area contributed by atoms with Crippen LogP contribution in [0.15, 0.2) is 24.8 Å². The summed E-state index contributed by atoms with van der Waals surface area (Å²) in [5.41, 5.74) is -0.199. The van der Waals surface area contributed by atoms with E-state index >= 15 is 0 Å². The summed E-state index contributed by atoms with van der Waals surface area (Å²) in [6.45, 7) is 15.5. The number of rotatable bonds is 6. The molecule has 0 radical (unpaired) electrons. The molecule has 0 saturated carbocycles. The van der Waals surface area contributed by atoms with Crippen LogP contribution in [0.4, 0.5) is 0 Å². The van der Waals surface area contributed by atoms with Gasteiger partial charge in [0.15, 0.2) is 0 Å². The number of hydrogen-bond acceptors (Lipinski definition) is 4. The number of amides is 2. The molecule has 3 unspecified atom stereocenters. The zero-order chi connectivity index (χ0) is 20.5. The van der Waals surface area contributed by atoms with Crippen LogP contribution in [0.25, 0.3) is 0 Å². The second-order valence-electron chi connectivity index (χ2n) is 9.24. The van der Waals surface area contributed by atoms with Crippen molar-refractivity contribution in [2.45, 2.75) is 76.7 Å². The van der Waals surface area contributed by atoms with Crippen LogP contribution in [0.2, 0.25) is 0 Å². The highest BCUT2D eigenvalue weighted by molar-refractivity contribution is 5.88. The molecule has 6 nitrogen and oxygen atoms in total. The molecule has 0 bridgehead atoms. The first kappa shape index (κ1) is 21.1. The van der Waals surface area contributed by atoms with Gasteiger partial charge in [0, 0.05) is 55.9 Å². The van der Waals surface area contributed by atoms with Gasteiger partial charge in [-0.05, 0) is 39.2 Å². The lowest BCUT2D eigenvalue weighted by Gasteiger charge is -2.53. The highest BCUT2D eigenvalue weighted by atomic mass is 16.2. The molecule has 0 spiro atoms. The van der Waals surface area contributed by atoms with E-state index in [1.165, 1.54) is 6.08 Å². The fourth-order valence-electron chi connectivity index (χ4n) is 4.93. The molecule has 0 aliphatic carbocycles. The van der Waals surface area contributed by atoms with Crippen molar-refractivity contribution in [3.8, 4) is 0 Å². The number of hydrogen-bond donors (Lipinski definition) is 1. The Balaban J connectivity index is 1.55. The van der Waals surface area contributed by atoms with E-state index < -0.39 is 0 Å². The summed E-state index contributed by atoms with van der Waals surface area (Å²) in [6, 6.07) is 1.50. The molecule has 3 fully saturated rings. The maximum atomic E-state index is 12.7. The molecule has 0 aromatic rings. The van der Waals surface area contributed by atoms with Gasteiger partial charge in [-0.2, -0.15) is 0 Å². The van der Waals surface area contributed by atoms with E-state index in [9.17, 15) is 9.59 Å². The van der Waals surface area contributed by atoms with Gasteiger partial charge in [0.1, 0.15) is 0 Å². The van der Waals surface area contributed by atoms with E-state index in [4.69, 9.17) is 0 Å². The van der Waals surface area contributed by atoms with E-state index in [1.54, 1.807) is 6.08 Å². The molecule has 1 N–H and O–H groups in total. The zero-order valence-corrected chi connectivity index (χ0v) is 17.9. The molecule has 3 heterocycles. The van der Waals surface area contributed by atoms with Crippen molar-refractivity contribution in [1.29, 1.82) is 0 Å². The van der Waals surface area contributed by atoms with Crippen molar-refractivity contribution in [2.75, 3.05) is 26.2 Å². The molecular formula is C22H36N4O2. The zero-order valence-electron chi connectivity index (χ0n) is 17.9. The minimum absolute atomic E-state index is 0.0327. The van der Waals surface area contributed by atoms with Crippen LogP contribution in [-0.4, -0.2) is 82.4 Å². The van der Waals surface area contributed by atoms with Gasteiger partial charge in [-0.15, -0.1) is 0 Å². The van der Waals surface area contributed by atoms with Crippen LogP contribution in [0.3, 0.4) is 0 Å². The molecule has 6 heteroatoms. The third kappa shape index (κ3) is 4.33. The lowest BCUT2D eigenvalue weighted by Crippen LogP contribution is -2.68. The van der Waals surface area contributed by atoms with Gasteiger partial charge in [0.2, 0.25) is 11.8 Å². The van der Waals surface area contributed by atoms with Gasteiger partial charge in [-0.3, -0.25) is 14.5 Å². The van der Waals surface area contributed by atoms with Crippen LogP contribution in [0, 0.1) is 0 Å². The molecule has 2 amide bonds. The number of piperidine rings is 1. The Morgan fingerprint density at radius 2 is 1.86 bits per heavy atom. The van der Waals surface area contributed by atoms with Gasteiger partial charge >= 0.3 is 0 Å². The monoisotopic (exact) mass is 388 g/mol. The van der Waals surface area contributed by atoms with Crippen molar-refractivity contribution >= 4 is 11.8 Å². The number of nitrogens with zero attached hydrogens (tertiary/aromatic N) is 3. The Morgan fingerprint density at radius 1 is 1.11 bits per heavy atom. The molecule has 28 heavy (non-hydrogen) atoms. The molecule has 156 valence electrons. The average molecular weight is 389 g/mol. The van der Waals surface area contributed by atoms with Gasteiger partial charge in [-0.25, -0.2) is 0 Å². The average Bonchev–Trinajstić information content (AvgIpc) is 2.94. The maximum absolute atomic E-state index is 12.7. The highest BCUT2D eigenvalue weighted by Gasteiger charge is 2.51. The number of fused-ring (bicyclic) bond motifs is 1. The quantitative estimate of drug-likeness (QED) is 0.705. The first-order valence-corrected chi connectivity index (χ1v) is 10.7. The lowest BCUT2D eigenvalue weighted by molar-refractivity contribution is -0.131. The largest absolute Gasteiger partial charge is 0.338 e. The Morgan fingerprint density at radius 3 is 2.54 bits per heavy atom. The normalized spacial score (nSPS) is 28.5. The summed E-state index contributed by atoms with van der Waals surface area (Å²) in [6.07, 6.45) is 8.39. The summed E-state index contributed by atoms with van der Waals surface area (Å²) in [4.78, 5) is 31.0. The van der Waals surface area contributed by atoms with Crippen molar-refractivity contribution in [2.24, 2.45) is 0 Å². The SMILES string of the molecule is C=CC(=O)N1CCC2C1CN2C(C)(C)/C=C/C(=O)N1CCCC(NC(C)C)C1. The standard InChI is InChI=1S/C22H36N4O2/c1-6-20(27)25-13-10-18-19(25)15-26(18)22(4,5)11-9-21(28)24-12-7-8-17(14-24)23-16(2)3/h6,9,11,16-19,23H,1,7-8,10,12-15H2,2-5H3/b11-9+.